The summed E-state index contributed by atoms with van der Waals surface area (Å²) in [7, 11) is 0. The Balaban J connectivity index is 2.36. The Morgan fingerprint density at radius 1 is 1.14 bits per heavy atom. The molecular formula is C16H33N5. The van der Waals surface area contributed by atoms with Crippen LogP contribution in [0.5, 0.6) is 0 Å². The maximum atomic E-state index is 4.23. The van der Waals surface area contributed by atoms with Crippen LogP contribution in [0.15, 0.2) is 6.20 Å². The SMILES string of the molecule is CCCCN(CCCC)CCn1cc(CNC(C)C)nn1. The standard InChI is InChI=1S/C16H33N5/c1-5-7-9-20(10-8-6-2)11-12-21-14-16(18-19-21)13-17-15(3)4/h14-15,17H,5-13H2,1-4H3. The first-order valence-corrected chi connectivity index (χ1v) is 8.50. The molecule has 5 heteroatoms. The van der Waals surface area contributed by atoms with E-state index in [4.69, 9.17) is 0 Å². The van der Waals surface area contributed by atoms with Crippen molar-refractivity contribution in [2.24, 2.45) is 0 Å². The Hall–Kier alpha value is -0.940. The molecule has 0 saturated carbocycles. The van der Waals surface area contributed by atoms with Gasteiger partial charge in [-0.3, -0.25) is 4.68 Å². The van der Waals surface area contributed by atoms with Crippen LogP contribution in [0.2, 0.25) is 0 Å². The fraction of sp³-hybridized carbons (Fsp3) is 0.875. The normalized spacial score (nSPS) is 11.7. The van der Waals surface area contributed by atoms with Gasteiger partial charge in [-0.05, 0) is 25.9 Å². The van der Waals surface area contributed by atoms with Crippen molar-refractivity contribution in [1.29, 1.82) is 0 Å². The lowest BCUT2D eigenvalue weighted by Crippen LogP contribution is -2.29. The smallest absolute Gasteiger partial charge is 0.0964 e. The Morgan fingerprint density at radius 3 is 2.38 bits per heavy atom. The zero-order valence-electron chi connectivity index (χ0n) is 14.3. The summed E-state index contributed by atoms with van der Waals surface area (Å²) in [5.41, 5.74) is 1.03. The average molecular weight is 295 g/mol. The second-order valence-electron chi connectivity index (χ2n) is 6.06. The van der Waals surface area contributed by atoms with E-state index in [1.165, 1.54) is 38.8 Å². The van der Waals surface area contributed by atoms with Crippen molar-refractivity contribution < 1.29 is 0 Å². The predicted molar refractivity (Wildman–Crippen MR) is 88.3 cm³/mol. The number of nitrogens with zero attached hydrogens (tertiary/aromatic N) is 4. The summed E-state index contributed by atoms with van der Waals surface area (Å²) < 4.78 is 1.97. The molecule has 0 aromatic carbocycles. The zero-order chi connectivity index (χ0) is 15.5. The molecule has 0 aliphatic carbocycles. The van der Waals surface area contributed by atoms with Crippen LogP contribution in [0.1, 0.15) is 59.1 Å². The van der Waals surface area contributed by atoms with E-state index in [1.807, 2.05) is 4.68 Å². The van der Waals surface area contributed by atoms with Gasteiger partial charge in [0.1, 0.15) is 0 Å². The third-order valence-electron chi connectivity index (χ3n) is 3.58. The molecule has 0 amide bonds. The maximum absolute atomic E-state index is 4.23. The van der Waals surface area contributed by atoms with Crippen LogP contribution in [0, 0.1) is 0 Å². The lowest BCUT2D eigenvalue weighted by atomic mass is 10.2. The van der Waals surface area contributed by atoms with Crippen LogP contribution in [-0.2, 0) is 13.1 Å². The second-order valence-corrected chi connectivity index (χ2v) is 6.06. The quantitative estimate of drug-likeness (QED) is 0.644. The topological polar surface area (TPSA) is 46.0 Å². The minimum Gasteiger partial charge on any atom is -0.309 e. The van der Waals surface area contributed by atoms with Crippen LogP contribution in [0.4, 0.5) is 0 Å². The average Bonchev–Trinajstić information content (AvgIpc) is 2.92. The van der Waals surface area contributed by atoms with Crippen LogP contribution < -0.4 is 5.32 Å². The second kappa shape index (κ2) is 10.7. The number of hydrogen-bond acceptors (Lipinski definition) is 4. The number of rotatable bonds is 12. The van der Waals surface area contributed by atoms with Crippen LogP contribution in [0.3, 0.4) is 0 Å². The van der Waals surface area contributed by atoms with E-state index in [1.54, 1.807) is 0 Å². The number of unbranched alkanes of at least 4 members (excludes halogenated alkanes) is 2. The lowest BCUT2D eigenvalue weighted by Gasteiger charge is -2.21. The highest BCUT2D eigenvalue weighted by molar-refractivity contribution is 4.91. The highest BCUT2D eigenvalue weighted by atomic mass is 15.4. The maximum Gasteiger partial charge on any atom is 0.0964 e. The van der Waals surface area contributed by atoms with Crippen LogP contribution >= 0.6 is 0 Å². The van der Waals surface area contributed by atoms with E-state index in [0.717, 1.165) is 25.3 Å². The Bertz CT molecular complexity index is 353. The largest absolute Gasteiger partial charge is 0.309 e. The van der Waals surface area contributed by atoms with Crippen molar-refractivity contribution in [2.75, 3.05) is 19.6 Å². The van der Waals surface area contributed by atoms with E-state index < -0.39 is 0 Å². The molecule has 1 aromatic rings. The van der Waals surface area contributed by atoms with E-state index >= 15 is 0 Å². The molecule has 0 aliphatic rings. The van der Waals surface area contributed by atoms with Gasteiger partial charge in [-0.25, -0.2) is 0 Å². The van der Waals surface area contributed by atoms with E-state index in [9.17, 15) is 0 Å². The number of hydrogen-bond donors (Lipinski definition) is 1. The summed E-state index contributed by atoms with van der Waals surface area (Å²) in [6.07, 6.45) is 7.15. The van der Waals surface area contributed by atoms with E-state index in [-0.39, 0.29) is 0 Å². The van der Waals surface area contributed by atoms with Crippen LogP contribution in [0.25, 0.3) is 0 Å². The first-order chi connectivity index (χ1) is 10.2. The third kappa shape index (κ3) is 8.17. The fourth-order valence-corrected chi connectivity index (χ4v) is 2.18. The molecule has 122 valence electrons. The van der Waals surface area contributed by atoms with Crippen molar-refractivity contribution in [3.05, 3.63) is 11.9 Å². The molecule has 0 spiro atoms. The van der Waals surface area contributed by atoms with Gasteiger partial charge in [0.25, 0.3) is 0 Å². The minimum absolute atomic E-state index is 0.480. The van der Waals surface area contributed by atoms with E-state index in [2.05, 4.69) is 54.4 Å². The third-order valence-corrected chi connectivity index (χ3v) is 3.58. The van der Waals surface area contributed by atoms with Gasteiger partial charge in [-0.1, -0.05) is 45.7 Å². The summed E-state index contributed by atoms with van der Waals surface area (Å²) >= 11 is 0. The van der Waals surface area contributed by atoms with Gasteiger partial charge in [0.15, 0.2) is 0 Å². The summed E-state index contributed by atoms with van der Waals surface area (Å²) in [6, 6.07) is 0.480. The molecule has 0 atom stereocenters. The van der Waals surface area contributed by atoms with Crippen molar-refractivity contribution in [3.63, 3.8) is 0 Å². The molecule has 0 unspecified atom stereocenters. The molecule has 1 rings (SSSR count). The molecule has 1 N–H and O–H groups in total. The molecule has 0 aliphatic heterocycles. The Labute approximate surface area is 130 Å². The monoisotopic (exact) mass is 295 g/mol. The molecule has 1 heterocycles. The highest BCUT2D eigenvalue weighted by Gasteiger charge is 2.06. The molecule has 1 aromatic heterocycles. The predicted octanol–water partition coefficient (Wildman–Crippen LogP) is 2.68. The summed E-state index contributed by atoms with van der Waals surface area (Å²) in [4.78, 5) is 2.56. The Morgan fingerprint density at radius 2 is 1.81 bits per heavy atom. The summed E-state index contributed by atoms with van der Waals surface area (Å²) in [6.45, 7) is 14.0. The molecule has 0 radical (unpaired) electrons. The molecule has 0 bridgehead atoms. The van der Waals surface area contributed by atoms with Crippen molar-refractivity contribution in [3.8, 4) is 0 Å². The van der Waals surface area contributed by atoms with Gasteiger partial charge in [0.2, 0.25) is 0 Å². The van der Waals surface area contributed by atoms with Crippen molar-refractivity contribution in [1.82, 2.24) is 25.2 Å². The summed E-state index contributed by atoms with van der Waals surface area (Å²) in [5, 5.41) is 11.8. The van der Waals surface area contributed by atoms with Crippen LogP contribution in [-0.4, -0.2) is 45.6 Å². The first-order valence-electron chi connectivity index (χ1n) is 8.50. The van der Waals surface area contributed by atoms with Gasteiger partial charge >= 0.3 is 0 Å². The molecule has 0 saturated heterocycles. The van der Waals surface area contributed by atoms with Crippen molar-refractivity contribution >= 4 is 0 Å². The van der Waals surface area contributed by atoms with Gasteiger partial charge in [-0.2, -0.15) is 0 Å². The highest BCUT2D eigenvalue weighted by Crippen LogP contribution is 2.01. The molecular weight excluding hydrogens is 262 g/mol. The summed E-state index contributed by atoms with van der Waals surface area (Å²) in [5.74, 6) is 0. The number of nitrogens with one attached hydrogen (secondary N) is 1. The fourth-order valence-electron chi connectivity index (χ4n) is 2.18. The molecule has 21 heavy (non-hydrogen) atoms. The van der Waals surface area contributed by atoms with Crippen molar-refractivity contribution in [2.45, 2.75) is 72.5 Å². The van der Waals surface area contributed by atoms with Gasteiger partial charge in [-0.15, -0.1) is 5.10 Å². The molecule has 0 fully saturated rings. The van der Waals surface area contributed by atoms with E-state index in [0.29, 0.717) is 6.04 Å². The number of aromatic nitrogens is 3. The Kier molecular flexibility index (Phi) is 9.26. The molecule has 5 nitrogen and oxygen atoms in total. The minimum atomic E-state index is 0.480. The first kappa shape index (κ1) is 18.1. The van der Waals surface area contributed by atoms with Gasteiger partial charge < -0.3 is 10.2 Å². The van der Waals surface area contributed by atoms with Gasteiger partial charge in [0, 0.05) is 25.3 Å². The lowest BCUT2D eigenvalue weighted by molar-refractivity contribution is 0.250. The zero-order valence-corrected chi connectivity index (χ0v) is 14.3. The van der Waals surface area contributed by atoms with Gasteiger partial charge in [0.05, 0.1) is 12.2 Å².